The van der Waals surface area contributed by atoms with Gasteiger partial charge in [0.2, 0.25) is 12.1 Å². The lowest BCUT2D eigenvalue weighted by Crippen LogP contribution is -2.70. The largest absolute Gasteiger partial charge is 0.497 e. The Kier molecular flexibility index (Phi) is 5.07. The molecular formula is C24H32O6. The van der Waals surface area contributed by atoms with E-state index in [1.165, 1.54) is 5.56 Å². The van der Waals surface area contributed by atoms with Crippen LogP contribution in [-0.2, 0) is 30.5 Å². The van der Waals surface area contributed by atoms with Crippen LogP contribution in [0.1, 0.15) is 57.9 Å². The predicted octanol–water partition coefficient (Wildman–Crippen LogP) is 4.41. The summed E-state index contributed by atoms with van der Waals surface area (Å²) in [7, 11) is 1.67. The molecule has 1 spiro atoms. The van der Waals surface area contributed by atoms with Gasteiger partial charge in [-0.3, -0.25) is 4.79 Å². The second-order valence-corrected chi connectivity index (χ2v) is 9.69. The molecule has 0 amide bonds. The van der Waals surface area contributed by atoms with Crippen molar-refractivity contribution < 1.29 is 28.8 Å². The molecule has 5 fully saturated rings. The van der Waals surface area contributed by atoms with Gasteiger partial charge in [0.15, 0.2) is 5.60 Å². The number of hydrogen-bond donors (Lipinski definition) is 0. The van der Waals surface area contributed by atoms with E-state index < -0.39 is 17.7 Å². The number of benzene rings is 1. The van der Waals surface area contributed by atoms with Gasteiger partial charge in [0, 0.05) is 18.3 Å². The number of ether oxygens (including phenoxy) is 3. The molecule has 6 nitrogen and oxygen atoms in total. The average molecular weight is 417 g/mol. The second-order valence-electron chi connectivity index (χ2n) is 9.69. The zero-order valence-electron chi connectivity index (χ0n) is 18.1. The Morgan fingerprint density at radius 2 is 1.90 bits per heavy atom. The molecule has 30 heavy (non-hydrogen) atoms. The van der Waals surface area contributed by atoms with Crippen molar-refractivity contribution in [1.82, 2.24) is 0 Å². The molecule has 164 valence electrons. The van der Waals surface area contributed by atoms with Gasteiger partial charge in [-0.05, 0) is 69.1 Å². The molecule has 1 aromatic carbocycles. The lowest BCUT2D eigenvalue weighted by Gasteiger charge is -2.58. The van der Waals surface area contributed by atoms with Crippen molar-refractivity contribution in [3.05, 3.63) is 29.8 Å². The molecule has 6 rings (SSSR count). The Hall–Kier alpha value is -1.63. The van der Waals surface area contributed by atoms with Crippen molar-refractivity contribution in [1.29, 1.82) is 0 Å². The van der Waals surface area contributed by atoms with Gasteiger partial charge < -0.3 is 14.2 Å². The molecule has 6 heteroatoms. The summed E-state index contributed by atoms with van der Waals surface area (Å²) in [6, 6.07) is 8.13. The first-order valence-electron chi connectivity index (χ1n) is 11.3. The fraction of sp³-hybridized carbons (Fsp3) is 0.708. The van der Waals surface area contributed by atoms with Gasteiger partial charge in [0.1, 0.15) is 5.75 Å². The first kappa shape index (κ1) is 20.3. The maximum atomic E-state index is 13.0. The van der Waals surface area contributed by atoms with Crippen LogP contribution in [0.5, 0.6) is 5.75 Å². The van der Waals surface area contributed by atoms with Gasteiger partial charge in [-0.2, -0.15) is 0 Å². The van der Waals surface area contributed by atoms with E-state index >= 15 is 0 Å². The molecule has 0 aromatic heterocycles. The van der Waals surface area contributed by atoms with E-state index in [1.54, 1.807) is 7.11 Å². The summed E-state index contributed by atoms with van der Waals surface area (Å²) in [6.45, 7) is 4.16. The highest BCUT2D eigenvalue weighted by atomic mass is 17.3. The third-order valence-corrected chi connectivity index (χ3v) is 7.93. The van der Waals surface area contributed by atoms with Gasteiger partial charge in [0.05, 0.1) is 13.0 Å². The summed E-state index contributed by atoms with van der Waals surface area (Å²) < 4.78 is 17.3. The van der Waals surface area contributed by atoms with E-state index in [0.717, 1.165) is 50.7 Å². The molecule has 7 atom stereocenters. The molecule has 4 heterocycles. The number of rotatable bonds is 5. The molecule has 4 aliphatic heterocycles. The smallest absolute Gasteiger partial charge is 0.311 e. The maximum Gasteiger partial charge on any atom is 0.311 e. The molecule has 1 unspecified atom stereocenters. The van der Waals surface area contributed by atoms with Crippen LogP contribution in [0, 0.1) is 23.7 Å². The molecule has 1 aliphatic carbocycles. The molecule has 1 saturated carbocycles. The number of hydrogen-bond acceptors (Lipinski definition) is 6. The highest BCUT2D eigenvalue weighted by Gasteiger charge is 2.70. The fourth-order valence-corrected chi connectivity index (χ4v) is 6.25. The molecule has 0 radical (unpaired) electrons. The third kappa shape index (κ3) is 3.15. The molecule has 5 aliphatic rings. The number of aryl methyl sites for hydroxylation is 1. The summed E-state index contributed by atoms with van der Waals surface area (Å²) in [5.41, 5.74) is 0.573. The Labute approximate surface area is 178 Å². The minimum atomic E-state index is -0.834. The lowest BCUT2D eigenvalue weighted by atomic mass is 9.57. The van der Waals surface area contributed by atoms with Gasteiger partial charge in [0.25, 0.3) is 0 Å². The van der Waals surface area contributed by atoms with Crippen LogP contribution in [-0.4, -0.2) is 30.8 Å². The van der Waals surface area contributed by atoms with Crippen LogP contribution in [0.2, 0.25) is 0 Å². The standard InChI is InChI=1S/C24H32O6/c1-15-7-12-20-18(6-4-5-16-8-10-17(26-3)11-9-16)21(25)27-22-24(20)19(15)13-14-23(2,28-22)29-30-24/h8-11,15,18-20,22H,4-7,12-14H2,1-3H3/t15-,18-,19?,20+,22-,23-,24-/m1/s1. The van der Waals surface area contributed by atoms with E-state index in [9.17, 15) is 4.79 Å². The molecule has 0 N–H and O–H groups in total. The van der Waals surface area contributed by atoms with Crippen molar-refractivity contribution in [2.75, 3.05) is 7.11 Å². The molecule has 2 bridgehead atoms. The molecule has 4 saturated heterocycles. The summed E-state index contributed by atoms with van der Waals surface area (Å²) >= 11 is 0. The molecular weight excluding hydrogens is 384 g/mol. The molecule has 1 aromatic rings. The van der Waals surface area contributed by atoms with Crippen LogP contribution in [0.25, 0.3) is 0 Å². The maximum absolute atomic E-state index is 13.0. The number of methoxy groups -OCH3 is 1. The van der Waals surface area contributed by atoms with Crippen molar-refractivity contribution in [3.63, 3.8) is 0 Å². The lowest BCUT2D eigenvalue weighted by molar-refractivity contribution is -0.559. The fourth-order valence-electron chi connectivity index (χ4n) is 6.25. The summed E-state index contributed by atoms with van der Waals surface area (Å²) in [5.74, 6) is 0.554. The van der Waals surface area contributed by atoms with Gasteiger partial charge in [-0.25, -0.2) is 9.78 Å². The second kappa shape index (κ2) is 7.50. The summed E-state index contributed by atoms with van der Waals surface area (Å²) in [4.78, 5) is 25.0. The van der Waals surface area contributed by atoms with Crippen molar-refractivity contribution in [3.8, 4) is 5.75 Å². The quantitative estimate of drug-likeness (QED) is 0.523. The van der Waals surface area contributed by atoms with Crippen LogP contribution >= 0.6 is 0 Å². The number of carbonyl (C=O) groups excluding carboxylic acids is 1. The van der Waals surface area contributed by atoms with E-state index in [2.05, 4.69) is 19.1 Å². The van der Waals surface area contributed by atoms with Crippen molar-refractivity contribution in [2.24, 2.45) is 23.7 Å². The Bertz CT molecular complexity index is 793. The van der Waals surface area contributed by atoms with Crippen molar-refractivity contribution >= 4 is 5.97 Å². The van der Waals surface area contributed by atoms with Crippen LogP contribution in [0.4, 0.5) is 0 Å². The highest BCUT2D eigenvalue weighted by Crippen LogP contribution is 2.60. The third-order valence-electron chi connectivity index (χ3n) is 7.93. The minimum Gasteiger partial charge on any atom is -0.497 e. The predicted molar refractivity (Wildman–Crippen MR) is 108 cm³/mol. The Balaban J connectivity index is 1.35. The van der Waals surface area contributed by atoms with Crippen LogP contribution < -0.4 is 4.74 Å². The summed E-state index contributed by atoms with van der Waals surface area (Å²) in [5, 5.41) is 0. The highest BCUT2D eigenvalue weighted by molar-refractivity contribution is 5.74. The van der Waals surface area contributed by atoms with E-state index in [0.29, 0.717) is 5.92 Å². The Morgan fingerprint density at radius 3 is 2.67 bits per heavy atom. The van der Waals surface area contributed by atoms with Gasteiger partial charge in [-0.1, -0.05) is 19.1 Å². The number of carbonyl (C=O) groups is 1. The minimum absolute atomic E-state index is 0.0727. The topological polar surface area (TPSA) is 63.2 Å². The first-order valence-corrected chi connectivity index (χ1v) is 11.3. The first-order chi connectivity index (χ1) is 14.4. The SMILES string of the molecule is COc1ccc(CCC[C@H]2C(=O)O[C@@H]3O[C@@]4(C)CCC5[C@H](C)CC[C@@H]2[C@]53OO4)cc1. The van der Waals surface area contributed by atoms with E-state index in [4.69, 9.17) is 24.0 Å². The normalized spacial score (nSPS) is 42.2. The summed E-state index contributed by atoms with van der Waals surface area (Å²) in [6.07, 6.45) is 5.73. The van der Waals surface area contributed by atoms with E-state index in [-0.39, 0.29) is 23.7 Å². The number of esters is 1. The zero-order valence-corrected chi connectivity index (χ0v) is 18.1. The zero-order chi connectivity index (χ0) is 20.9. The monoisotopic (exact) mass is 416 g/mol. The van der Waals surface area contributed by atoms with E-state index in [1.807, 2.05) is 19.1 Å². The van der Waals surface area contributed by atoms with Crippen LogP contribution in [0.3, 0.4) is 0 Å². The van der Waals surface area contributed by atoms with Gasteiger partial charge >= 0.3 is 5.97 Å². The number of fused-ring (bicyclic) bond motifs is 2. The van der Waals surface area contributed by atoms with Crippen molar-refractivity contribution in [2.45, 2.75) is 76.5 Å². The van der Waals surface area contributed by atoms with Crippen LogP contribution in [0.15, 0.2) is 24.3 Å². The Morgan fingerprint density at radius 1 is 1.10 bits per heavy atom. The average Bonchev–Trinajstić information content (AvgIpc) is 2.97. The van der Waals surface area contributed by atoms with Gasteiger partial charge in [-0.15, -0.1) is 0 Å².